The van der Waals surface area contributed by atoms with E-state index in [1.165, 1.54) is 5.56 Å². The maximum absolute atomic E-state index is 12.6. The summed E-state index contributed by atoms with van der Waals surface area (Å²) in [5.74, 6) is 0.641. The first-order valence-electron chi connectivity index (χ1n) is 9.07. The number of nitrogens with one attached hydrogen (secondary N) is 1. The molecule has 138 valence electrons. The molecule has 1 fully saturated rings. The fraction of sp³-hybridized carbons (Fsp3) is 0.381. The molecule has 0 bridgehead atoms. The number of hydrogen-bond acceptors (Lipinski definition) is 2. The summed E-state index contributed by atoms with van der Waals surface area (Å²) in [4.78, 5) is 14.8. The third-order valence-electron chi connectivity index (χ3n) is 5.13. The van der Waals surface area contributed by atoms with Crippen LogP contribution in [0, 0.1) is 5.92 Å². The highest BCUT2D eigenvalue weighted by Crippen LogP contribution is 2.27. The number of hydrogen-bond donors (Lipinski definition) is 1. The van der Waals surface area contributed by atoms with Crippen molar-refractivity contribution in [1.82, 2.24) is 4.90 Å². The second-order valence-corrected chi connectivity index (χ2v) is 7.80. The van der Waals surface area contributed by atoms with Crippen LogP contribution >= 0.6 is 23.2 Å². The van der Waals surface area contributed by atoms with Crippen molar-refractivity contribution in [3.63, 3.8) is 0 Å². The lowest BCUT2D eigenvalue weighted by Gasteiger charge is -2.35. The van der Waals surface area contributed by atoms with Gasteiger partial charge in [0.1, 0.15) is 0 Å². The largest absolute Gasteiger partial charge is 0.323 e. The van der Waals surface area contributed by atoms with Crippen molar-refractivity contribution in [2.45, 2.75) is 32.2 Å². The molecule has 0 saturated carbocycles. The minimum atomic E-state index is -0.192. The Hall–Kier alpha value is -1.55. The van der Waals surface area contributed by atoms with Gasteiger partial charge in [0.05, 0.1) is 16.8 Å². The van der Waals surface area contributed by atoms with Gasteiger partial charge in [0.15, 0.2) is 0 Å². The molecule has 1 saturated heterocycles. The van der Waals surface area contributed by atoms with Crippen molar-refractivity contribution >= 4 is 34.8 Å². The Morgan fingerprint density at radius 2 is 1.85 bits per heavy atom. The number of amides is 1. The van der Waals surface area contributed by atoms with Gasteiger partial charge in [0.25, 0.3) is 0 Å². The van der Waals surface area contributed by atoms with Gasteiger partial charge in [0.2, 0.25) is 5.91 Å². The second kappa shape index (κ2) is 8.90. The van der Waals surface area contributed by atoms with E-state index in [2.05, 4.69) is 40.5 Å². The number of likely N-dealkylation sites (tertiary alicyclic amines) is 1. The van der Waals surface area contributed by atoms with E-state index in [4.69, 9.17) is 23.2 Å². The van der Waals surface area contributed by atoms with Crippen LogP contribution in [-0.4, -0.2) is 29.9 Å². The molecule has 1 N–H and O–H groups in total. The molecule has 1 aliphatic rings. The summed E-state index contributed by atoms with van der Waals surface area (Å²) in [6.07, 6.45) is 3.35. The minimum Gasteiger partial charge on any atom is -0.323 e. The molecule has 3 rings (SSSR count). The third kappa shape index (κ3) is 5.00. The van der Waals surface area contributed by atoms with E-state index < -0.39 is 0 Å². The van der Waals surface area contributed by atoms with E-state index in [1.54, 1.807) is 18.2 Å². The molecule has 5 heteroatoms. The maximum Gasteiger partial charge on any atom is 0.241 e. The van der Waals surface area contributed by atoms with Crippen molar-refractivity contribution in [3.05, 3.63) is 64.1 Å². The summed E-state index contributed by atoms with van der Waals surface area (Å²) in [5.41, 5.74) is 1.96. The smallest absolute Gasteiger partial charge is 0.241 e. The zero-order chi connectivity index (χ0) is 18.5. The number of halogens is 2. The van der Waals surface area contributed by atoms with Gasteiger partial charge in [-0.05, 0) is 69.0 Å². The molecule has 26 heavy (non-hydrogen) atoms. The van der Waals surface area contributed by atoms with E-state index in [0.717, 1.165) is 32.4 Å². The van der Waals surface area contributed by atoms with Crippen molar-refractivity contribution in [1.29, 1.82) is 0 Å². The van der Waals surface area contributed by atoms with E-state index in [9.17, 15) is 4.79 Å². The number of anilines is 1. The lowest BCUT2D eigenvalue weighted by molar-refractivity contribution is -0.121. The van der Waals surface area contributed by atoms with Gasteiger partial charge < -0.3 is 5.32 Å². The highest BCUT2D eigenvalue weighted by atomic mass is 35.5. The lowest BCUT2D eigenvalue weighted by atomic mass is 9.89. The molecule has 1 amide bonds. The SMILES string of the molecule is CC(C(=O)Nc1cc(Cl)ccc1Cl)N1CCC(Cc2ccccc2)CC1. The minimum absolute atomic E-state index is 0.0457. The summed E-state index contributed by atoms with van der Waals surface area (Å²) in [7, 11) is 0. The molecule has 0 spiro atoms. The Morgan fingerprint density at radius 1 is 1.15 bits per heavy atom. The van der Waals surface area contributed by atoms with Crippen LogP contribution in [0.5, 0.6) is 0 Å². The number of piperidine rings is 1. The predicted molar refractivity (Wildman–Crippen MR) is 109 cm³/mol. The van der Waals surface area contributed by atoms with Crippen LogP contribution in [0.15, 0.2) is 48.5 Å². The van der Waals surface area contributed by atoms with E-state index >= 15 is 0 Å². The molecule has 1 unspecified atom stereocenters. The average Bonchev–Trinajstić information content (AvgIpc) is 2.65. The van der Waals surface area contributed by atoms with Crippen molar-refractivity contribution in [2.24, 2.45) is 5.92 Å². The van der Waals surface area contributed by atoms with E-state index in [-0.39, 0.29) is 11.9 Å². The molecular formula is C21H24Cl2N2O. The summed E-state index contributed by atoms with van der Waals surface area (Å²) < 4.78 is 0. The summed E-state index contributed by atoms with van der Waals surface area (Å²) in [5, 5.41) is 3.95. The molecule has 0 aromatic heterocycles. The van der Waals surface area contributed by atoms with Gasteiger partial charge >= 0.3 is 0 Å². The maximum atomic E-state index is 12.6. The van der Waals surface area contributed by atoms with Crippen LogP contribution in [0.25, 0.3) is 0 Å². The molecule has 1 aliphatic heterocycles. The monoisotopic (exact) mass is 390 g/mol. The van der Waals surface area contributed by atoms with Crippen molar-refractivity contribution in [2.75, 3.05) is 18.4 Å². The highest BCUT2D eigenvalue weighted by molar-refractivity contribution is 6.35. The average molecular weight is 391 g/mol. The normalized spacial score (nSPS) is 17.0. The summed E-state index contributed by atoms with van der Waals surface area (Å²) >= 11 is 12.1. The van der Waals surface area contributed by atoms with Gasteiger partial charge in [-0.3, -0.25) is 9.69 Å². The Morgan fingerprint density at radius 3 is 2.54 bits per heavy atom. The van der Waals surface area contributed by atoms with Gasteiger partial charge in [-0.2, -0.15) is 0 Å². The first-order valence-corrected chi connectivity index (χ1v) is 9.82. The molecule has 1 heterocycles. The number of benzene rings is 2. The Kier molecular flexibility index (Phi) is 6.58. The van der Waals surface area contributed by atoms with Crippen LogP contribution in [0.2, 0.25) is 10.0 Å². The highest BCUT2D eigenvalue weighted by Gasteiger charge is 2.27. The molecule has 0 radical (unpaired) electrons. The molecule has 2 aromatic rings. The third-order valence-corrected chi connectivity index (χ3v) is 5.69. The van der Waals surface area contributed by atoms with Crippen molar-refractivity contribution in [3.8, 4) is 0 Å². The molecule has 1 atom stereocenters. The summed E-state index contributed by atoms with van der Waals surface area (Å²) in [6, 6.07) is 15.5. The molecular weight excluding hydrogens is 367 g/mol. The molecule has 3 nitrogen and oxygen atoms in total. The molecule has 0 aliphatic carbocycles. The van der Waals surface area contributed by atoms with Crippen LogP contribution in [0.1, 0.15) is 25.3 Å². The van der Waals surface area contributed by atoms with Crippen LogP contribution in [0.3, 0.4) is 0 Å². The Balaban J connectivity index is 1.52. The fourth-order valence-corrected chi connectivity index (χ4v) is 3.82. The number of nitrogens with zero attached hydrogens (tertiary/aromatic N) is 1. The Labute approximate surface area is 165 Å². The zero-order valence-corrected chi connectivity index (χ0v) is 16.4. The zero-order valence-electron chi connectivity index (χ0n) is 14.9. The van der Waals surface area contributed by atoms with Crippen LogP contribution in [0.4, 0.5) is 5.69 Å². The van der Waals surface area contributed by atoms with Crippen LogP contribution in [-0.2, 0) is 11.2 Å². The topological polar surface area (TPSA) is 32.3 Å². The van der Waals surface area contributed by atoms with Crippen LogP contribution < -0.4 is 5.32 Å². The van der Waals surface area contributed by atoms with Gasteiger partial charge in [-0.15, -0.1) is 0 Å². The number of rotatable bonds is 5. The summed E-state index contributed by atoms with van der Waals surface area (Å²) in [6.45, 7) is 3.83. The first-order chi connectivity index (χ1) is 12.5. The van der Waals surface area contributed by atoms with E-state index in [1.807, 2.05) is 6.92 Å². The van der Waals surface area contributed by atoms with Gasteiger partial charge in [-0.25, -0.2) is 0 Å². The van der Waals surface area contributed by atoms with Crippen molar-refractivity contribution < 1.29 is 4.79 Å². The predicted octanol–water partition coefficient (Wildman–Crippen LogP) is 5.28. The number of carbonyl (C=O) groups is 1. The van der Waals surface area contributed by atoms with Gasteiger partial charge in [0, 0.05) is 5.02 Å². The fourth-order valence-electron chi connectivity index (χ4n) is 3.49. The lowest BCUT2D eigenvalue weighted by Crippen LogP contribution is -2.46. The standard InChI is InChI=1S/C21H24Cl2N2O/c1-15(21(26)24-20-14-18(22)7-8-19(20)23)25-11-9-17(10-12-25)13-16-5-3-2-4-6-16/h2-8,14-15,17H,9-13H2,1H3,(H,24,26). The van der Waals surface area contributed by atoms with E-state index in [0.29, 0.717) is 21.7 Å². The quantitative estimate of drug-likeness (QED) is 0.753. The number of carbonyl (C=O) groups excluding carboxylic acids is 1. The van der Waals surface area contributed by atoms with Gasteiger partial charge in [-0.1, -0.05) is 53.5 Å². The first kappa shape index (κ1) is 19.2. The second-order valence-electron chi connectivity index (χ2n) is 6.96. The molecule has 2 aromatic carbocycles. The Bertz CT molecular complexity index is 743.